The minimum Gasteiger partial charge on any atom is -0.292 e. The predicted molar refractivity (Wildman–Crippen MR) is 103 cm³/mol. The topological polar surface area (TPSA) is 77.6 Å². The molecule has 0 atom stereocenters. The van der Waals surface area contributed by atoms with E-state index in [-0.39, 0.29) is 23.4 Å². The molecule has 1 saturated carbocycles. The molecule has 2 aromatic heterocycles. The Labute approximate surface area is 170 Å². The first-order chi connectivity index (χ1) is 13.9. The van der Waals surface area contributed by atoms with Gasteiger partial charge in [0.15, 0.2) is 0 Å². The van der Waals surface area contributed by atoms with Gasteiger partial charge in [-0.15, -0.1) is 5.10 Å². The van der Waals surface area contributed by atoms with Crippen molar-refractivity contribution in [2.75, 3.05) is 5.32 Å². The summed E-state index contributed by atoms with van der Waals surface area (Å²) in [6.07, 6.45) is 0.432. The maximum atomic E-state index is 13.1. The zero-order valence-corrected chi connectivity index (χ0v) is 16.4. The number of hydrogen-bond acceptors (Lipinski definition) is 4. The number of carbonyl (C=O) groups excluding carboxylic acids is 1. The summed E-state index contributed by atoms with van der Waals surface area (Å²) in [6, 6.07) is 7.91. The van der Waals surface area contributed by atoms with Crippen LogP contribution in [0.1, 0.15) is 47.7 Å². The highest BCUT2D eigenvalue weighted by atomic mass is 35.5. The maximum absolute atomic E-state index is 13.1. The standard InChI is InChI=1S/C19H19ClF2N6O/c1-11-4-2-3-5-13(11)8-27-10-23-19(26-27)24-14(29)9-28-17(12-6-7-12)15(20)16(25-28)18(21)22/h2-5,10,12,18H,6-9H2,1H3,(H,24,26,29). The Morgan fingerprint density at radius 1 is 1.31 bits per heavy atom. The maximum Gasteiger partial charge on any atom is 0.283 e. The third kappa shape index (κ3) is 4.29. The summed E-state index contributed by atoms with van der Waals surface area (Å²) < 4.78 is 29.1. The van der Waals surface area contributed by atoms with Crippen LogP contribution in [-0.2, 0) is 17.9 Å². The molecule has 152 valence electrons. The van der Waals surface area contributed by atoms with Crippen LogP contribution in [0.2, 0.25) is 5.02 Å². The molecular formula is C19H19ClF2N6O. The Morgan fingerprint density at radius 2 is 2.07 bits per heavy atom. The first-order valence-electron chi connectivity index (χ1n) is 9.20. The number of aryl methyl sites for hydroxylation is 1. The van der Waals surface area contributed by atoms with Crippen LogP contribution in [0, 0.1) is 6.92 Å². The third-order valence-electron chi connectivity index (χ3n) is 4.80. The summed E-state index contributed by atoms with van der Waals surface area (Å²) in [5.41, 5.74) is 2.24. The summed E-state index contributed by atoms with van der Waals surface area (Å²) in [4.78, 5) is 16.5. The molecule has 0 unspecified atom stereocenters. The van der Waals surface area contributed by atoms with Gasteiger partial charge in [0.1, 0.15) is 18.6 Å². The minimum atomic E-state index is -2.79. The molecule has 0 aliphatic heterocycles. The van der Waals surface area contributed by atoms with E-state index in [4.69, 9.17) is 11.6 Å². The molecule has 1 N–H and O–H groups in total. The lowest BCUT2D eigenvalue weighted by Crippen LogP contribution is -2.21. The van der Waals surface area contributed by atoms with Crippen LogP contribution in [0.3, 0.4) is 0 Å². The van der Waals surface area contributed by atoms with E-state index in [2.05, 4.69) is 20.5 Å². The number of benzene rings is 1. The van der Waals surface area contributed by atoms with Crippen molar-refractivity contribution >= 4 is 23.5 Å². The molecule has 10 heteroatoms. The number of amides is 1. The van der Waals surface area contributed by atoms with Gasteiger partial charge in [-0.25, -0.2) is 18.4 Å². The third-order valence-corrected chi connectivity index (χ3v) is 5.19. The molecule has 0 spiro atoms. The predicted octanol–water partition coefficient (Wildman–Crippen LogP) is 3.94. The number of nitrogens with zero attached hydrogens (tertiary/aromatic N) is 5. The van der Waals surface area contributed by atoms with Crippen molar-refractivity contribution in [1.82, 2.24) is 24.5 Å². The van der Waals surface area contributed by atoms with Crippen LogP contribution >= 0.6 is 11.6 Å². The lowest BCUT2D eigenvalue weighted by molar-refractivity contribution is -0.117. The van der Waals surface area contributed by atoms with Gasteiger partial charge in [-0.05, 0) is 30.9 Å². The number of alkyl halides is 2. The van der Waals surface area contributed by atoms with E-state index < -0.39 is 18.0 Å². The fourth-order valence-electron chi connectivity index (χ4n) is 3.17. The molecule has 3 aromatic rings. The Kier molecular flexibility index (Phi) is 5.31. The van der Waals surface area contributed by atoms with E-state index >= 15 is 0 Å². The summed E-state index contributed by atoms with van der Waals surface area (Å²) >= 11 is 6.07. The molecule has 0 radical (unpaired) electrons. The number of rotatable bonds is 7. The Bertz CT molecular complexity index is 1040. The van der Waals surface area contributed by atoms with Crippen molar-refractivity contribution in [3.8, 4) is 0 Å². The van der Waals surface area contributed by atoms with Crippen molar-refractivity contribution in [2.24, 2.45) is 0 Å². The van der Waals surface area contributed by atoms with Crippen molar-refractivity contribution in [3.63, 3.8) is 0 Å². The second-order valence-corrected chi connectivity index (χ2v) is 7.44. The van der Waals surface area contributed by atoms with Gasteiger partial charge in [0.25, 0.3) is 6.43 Å². The largest absolute Gasteiger partial charge is 0.292 e. The van der Waals surface area contributed by atoms with Crippen LogP contribution in [0.5, 0.6) is 0 Å². The van der Waals surface area contributed by atoms with Crippen molar-refractivity contribution < 1.29 is 13.6 Å². The lowest BCUT2D eigenvalue weighted by Gasteiger charge is -2.06. The van der Waals surface area contributed by atoms with Crippen LogP contribution in [0.15, 0.2) is 30.6 Å². The second kappa shape index (κ2) is 7.90. The normalized spacial score (nSPS) is 13.8. The number of aromatic nitrogens is 5. The molecule has 1 aliphatic rings. The molecule has 7 nitrogen and oxygen atoms in total. The van der Waals surface area contributed by atoms with Crippen LogP contribution in [0.4, 0.5) is 14.7 Å². The second-order valence-electron chi connectivity index (χ2n) is 7.06. The molecule has 0 bridgehead atoms. The SMILES string of the molecule is Cc1ccccc1Cn1cnc(NC(=O)Cn2nc(C(F)F)c(Cl)c2C2CC2)n1. The van der Waals surface area contributed by atoms with Gasteiger partial charge in [0.2, 0.25) is 11.9 Å². The lowest BCUT2D eigenvalue weighted by atomic mass is 10.1. The molecule has 1 fully saturated rings. The minimum absolute atomic E-state index is 0.0454. The van der Waals surface area contributed by atoms with Crippen molar-refractivity contribution in [1.29, 1.82) is 0 Å². The van der Waals surface area contributed by atoms with Crippen LogP contribution in [-0.4, -0.2) is 30.5 Å². The molecular weight excluding hydrogens is 402 g/mol. The van der Waals surface area contributed by atoms with E-state index in [1.54, 1.807) is 4.68 Å². The molecule has 2 heterocycles. The van der Waals surface area contributed by atoms with Crippen LogP contribution < -0.4 is 5.32 Å². The highest BCUT2D eigenvalue weighted by Crippen LogP contribution is 2.45. The highest BCUT2D eigenvalue weighted by molar-refractivity contribution is 6.32. The average Bonchev–Trinajstić information content (AvgIpc) is 3.32. The molecule has 1 amide bonds. The van der Waals surface area contributed by atoms with Gasteiger partial charge in [-0.3, -0.25) is 14.8 Å². The van der Waals surface area contributed by atoms with Gasteiger partial charge < -0.3 is 0 Å². The van der Waals surface area contributed by atoms with E-state index in [0.717, 1.165) is 24.0 Å². The van der Waals surface area contributed by atoms with E-state index in [1.807, 2.05) is 31.2 Å². The number of carbonyl (C=O) groups is 1. The Hall–Kier alpha value is -2.81. The smallest absolute Gasteiger partial charge is 0.283 e. The van der Waals surface area contributed by atoms with Gasteiger partial charge >= 0.3 is 0 Å². The average molecular weight is 421 g/mol. The number of anilines is 1. The molecule has 1 aromatic carbocycles. The van der Waals surface area contributed by atoms with Gasteiger partial charge in [-0.1, -0.05) is 35.9 Å². The summed E-state index contributed by atoms with van der Waals surface area (Å²) in [7, 11) is 0. The van der Waals surface area contributed by atoms with Gasteiger partial charge in [0, 0.05) is 5.92 Å². The highest BCUT2D eigenvalue weighted by Gasteiger charge is 2.34. The summed E-state index contributed by atoms with van der Waals surface area (Å²) in [6.45, 7) is 2.30. The monoisotopic (exact) mass is 420 g/mol. The quantitative estimate of drug-likeness (QED) is 0.628. The Morgan fingerprint density at radius 3 is 2.76 bits per heavy atom. The fourth-order valence-corrected chi connectivity index (χ4v) is 3.54. The van der Waals surface area contributed by atoms with Crippen molar-refractivity contribution in [3.05, 3.63) is 58.1 Å². The molecule has 1 aliphatic carbocycles. The van der Waals surface area contributed by atoms with Crippen molar-refractivity contribution in [2.45, 2.75) is 45.2 Å². The number of halogens is 3. The Balaban J connectivity index is 1.44. The zero-order valence-electron chi connectivity index (χ0n) is 15.6. The van der Waals surface area contributed by atoms with Gasteiger partial charge in [0.05, 0.1) is 17.3 Å². The van der Waals surface area contributed by atoms with E-state index in [9.17, 15) is 13.6 Å². The molecule has 0 saturated heterocycles. The first-order valence-corrected chi connectivity index (χ1v) is 9.58. The molecule has 4 rings (SSSR count). The fraction of sp³-hybridized carbons (Fsp3) is 0.368. The first kappa shape index (κ1) is 19.5. The molecule has 29 heavy (non-hydrogen) atoms. The summed E-state index contributed by atoms with van der Waals surface area (Å²) in [5.74, 6) is -0.244. The summed E-state index contributed by atoms with van der Waals surface area (Å²) in [5, 5.41) is 10.6. The van der Waals surface area contributed by atoms with E-state index in [1.165, 1.54) is 11.0 Å². The van der Waals surface area contributed by atoms with Crippen LogP contribution in [0.25, 0.3) is 0 Å². The zero-order chi connectivity index (χ0) is 20.5. The number of nitrogens with one attached hydrogen (secondary N) is 1. The van der Waals surface area contributed by atoms with Gasteiger partial charge in [-0.2, -0.15) is 5.10 Å². The number of hydrogen-bond donors (Lipinski definition) is 1. The van der Waals surface area contributed by atoms with E-state index in [0.29, 0.717) is 12.2 Å².